The number of hydrogen-bond acceptors (Lipinski definition) is 3. The average molecular weight is 370 g/mol. The van der Waals surface area contributed by atoms with Crippen LogP contribution in [0.1, 0.15) is 35.7 Å². The van der Waals surface area contributed by atoms with E-state index in [0.717, 1.165) is 23.0 Å². The number of pyridine rings is 1. The molecule has 1 amide bonds. The van der Waals surface area contributed by atoms with Crippen LogP contribution in [0.4, 0.5) is 5.69 Å². The number of fused-ring (bicyclic) bond motifs is 1. The molecule has 4 aromatic rings. The van der Waals surface area contributed by atoms with E-state index in [0.29, 0.717) is 17.0 Å². The van der Waals surface area contributed by atoms with E-state index < -0.39 is 0 Å². The number of hydrogen-bond donors (Lipinski definition) is 1. The van der Waals surface area contributed by atoms with Crippen molar-refractivity contribution in [1.29, 1.82) is 0 Å². The van der Waals surface area contributed by atoms with Gasteiger partial charge in [0.25, 0.3) is 5.91 Å². The summed E-state index contributed by atoms with van der Waals surface area (Å²) in [7, 11) is 0. The first kappa shape index (κ1) is 18.0. The maximum absolute atomic E-state index is 13.0. The molecule has 0 saturated carbocycles. The molecule has 2 heterocycles. The third-order valence-corrected chi connectivity index (χ3v) is 4.77. The van der Waals surface area contributed by atoms with E-state index in [1.165, 1.54) is 18.4 Å². The number of amides is 1. The summed E-state index contributed by atoms with van der Waals surface area (Å²) in [5, 5.41) is 3.82. The van der Waals surface area contributed by atoms with E-state index in [1.54, 1.807) is 12.3 Å². The molecule has 4 heteroatoms. The van der Waals surface area contributed by atoms with Crippen molar-refractivity contribution >= 4 is 22.5 Å². The number of benzene rings is 2. The summed E-state index contributed by atoms with van der Waals surface area (Å²) < 4.78 is 5.47. The van der Waals surface area contributed by atoms with Crippen LogP contribution >= 0.6 is 0 Å². The van der Waals surface area contributed by atoms with Crippen LogP contribution < -0.4 is 5.32 Å². The molecule has 2 aromatic heterocycles. The van der Waals surface area contributed by atoms with Crippen molar-refractivity contribution in [1.82, 2.24) is 4.98 Å². The Morgan fingerprint density at radius 3 is 2.61 bits per heavy atom. The number of unbranched alkanes of at least 4 members (excludes halogenated alkanes) is 1. The van der Waals surface area contributed by atoms with Gasteiger partial charge in [-0.2, -0.15) is 0 Å². The molecule has 0 aliphatic carbocycles. The molecule has 0 saturated heterocycles. The van der Waals surface area contributed by atoms with Gasteiger partial charge in [0.05, 0.1) is 17.3 Å². The highest BCUT2D eigenvalue weighted by Gasteiger charge is 2.15. The van der Waals surface area contributed by atoms with Gasteiger partial charge in [-0.15, -0.1) is 0 Å². The van der Waals surface area contributed by atoms with Crippen molar-refractivity contribution in [3.63, 3.8) is 0 Å². The second kappa shape index (κ2) is 8.09. The molecule has 0 aliphatic heterocycles. The number of para-hydroxylation sites is 1. The minimum Gasteiger partial charge on any atom is -0.463 e. The van der Waals surface area contributed by atoms with E-state index in [1.807, 2.05) is 48.5 Å². The number of nitrogens with one attached hydrogen (secondary N) is 1. The van der Waals surface area contributed by atoms with E-state index in [9.17, 15) is 4.79 Å². The number of rotatable bonds is 6. The fraction of sp³-hybridized carbons (Fsp3) is 0.167. The Morgan fingerprint density at radius 1 is 1.04 bits per heavy atom. The van der Waals surface area contributed by atoms with Gasteiger partial charge in [-0.05, 0) is 54.8 Å². The number of anilines is 1. The Labute approximate surface area is 164 Å². The first-order chi connectivity index (χ1) is 13.7. The van der Waals surface area contributed by atoms with Crippen LogP contribution in [-0.4, -0.2) is 10.9 Å². The highest BCUT2D eigenvalue weighted by Crippen LogP contribution is 2.26. The minimum atomic E-state index is -0.160. The van der Waals surface area contributed by atoms with Crippen LogP contribution in [0.3, 0.4) is 0 Å². The number of carbonyl (C=O) groups is 1. The molecular weight excluding hydrogens is 348 g/mol. The molecule has 2 aromatic carbocycles. The fourth-order valence-electron chi connectivity index (χ4n) is 3.25. The zero-order chi connectivity index (χ0) is 19.3. The predicted octanol–water partition coefficient (Wildman–Crippen LogP) is 6.09. The fourth-order valence-corrected chi connectivity index (χ4v) is 3.25. The lowest BCUT2D eigenvalue weighted by Crippen LogP contribution is -2.13. The van der Waals surface area contributed by atoms with E-state index >= 15 is 0 Å². The molecule has 4 nitrogen and oxygen atoms in total. The van der Waals surface area contributed by atoms with Crippen molar-refractivity contribution in [2.45, 2.75) is 26.2 Å². The SMILES string of the molecule is CCCCc1ccc(NC(=O)c2cc(-c3ccco3)nc3ccccc23)cc1. The van der Waals surface area contributed by atoms with Crippen LogP contribution in [0.5, 0.6) is 0 Å². The minimum absolute atomic E-state index is 0.160. The lowest BCUT2D eigenvalue weighted by molar-refractivity contribution is 0.102. The van der Waals surface area contributed by atoms with Crippen molar-refractivity contribution in [2.75, 3.05) is 5.32 Å². The Balaban J connectivity index is 1.65. The summed E-state index contributed by atoms with van der Waals surface area (Å²) in [6.07, 6.45) is 5.01. The summed E-state index contributed by atoms with van der Waals surface area (Å²) in [6.45, 7) is 2.19. The third kappa shape index (κ3) is 3.81. The predicted molar refractivity (Wildman–Crippen MR) is 112 cm³/mol. The first-order valence-corrected chi connectivity index (χ1v) is 9.58. The largest absolute Gasteiger partial charge is 0.463 e. The topological polar surface area (TPSA) is 55.1 Å². The molecule has 140 valence electrons. The normalized spacial score (nSPS) is 10.9. The van der Waals surface area contributed by atoms with Crippen molar-refractivity contribution in [2.24, 2.45) is 0 Å². The van der Waals surface area contributed by atoms with Gasteiger partial charge in [-0.25, -0.2) is 4.98 Å². The third-order valence-electron chi connectivity index (χ3n) is 4.77. The number of aromatic nitrogens is 1. The van der Waals surface area contributed by atoms with Crippen molar-refractivity contribution < 1.29 is 9.21 Å². The Kier molecular flexibility index (Phi) is 5.20. The van der Waals surface area contributed by atoms with E-state index in [-0.39, 0.29) is 5.91 Å². The lowest BCUT2D eigenvalue weighted by atomic mass is 10.1. The van der Waals surface area contributed by atoms with Gasteiger partial charge in [-0.3, -0.25) is 4.79 Å². The highest BCUT2D eigenvalue weighted by molar-refractivity contribution is 6.13. The monoisotopic (exact) mass is 370 g/mol. The summed E-state index contributed by atoms with van der Waals surface area (Å²) in [5.74, 6) is 0.479. The smallest absolute Gasteiger partial charge is 0.256 e. The second-order valence-corrected chi connectivity index (χ2v) is 6.80. The van der Waals surface area contributed by atoms with Crippen LogP contribution in [0, 0.1) is 0 Å². The average Bonchev–Trinajstić information content (AvgIpc) is 3.27. The number of furan rings is 1. The maximum atomic E-state index is 13.0. The summed E-state index contributed by atoms with van der Waals surface area (Å²) in [5.41, 5.74) is 4.05. The molecule has 0 fully saturated rings. The Morgan fingerprint density at radius 2 is 1.86 bits per heavy atom. The molecule has 0 spiro atoms. The quantitative estimate of drug-likeness (QED) is 0.447. The summed E-state index contributed by atoms with van der Waals surface area (Å²) in [4.78, 5) is 17.7. The van der Waals surface area contributed by atoms with Gasteiger partial charge in [0.15, 0.2) is 5.76 Å². The molecular formula is C24H22N2O2. The Hall–Kier alpha value is -3.40. The van der Waals surface area contributed by atoms with Crippen LogP contribution in [0.25, 0.3) is 22.4 Å². The number of carbonyl (C=O) groups excluding carboxylic acids is 1. The lowest BCUT2D eigenvalue weighted by Gasteiger charge is -2.10. The molecule has 0 radical (unpaired) electrons. The molecule has 0 bridgehead atoms. The van der Waals surface area contributed by atoms with Gasteiger partial charge < -0.3 is 9.73 Å². The standard InChI is InChI=1S/C24H22N2O2/c1-2-3-7-17-11-13-18(14-12-17)25-24(27)20-16-22(23-10-6-15-28-23)26-21-9-5-4-8-19(20)21/h4-6,8-16H,2-3,7H2,1H3,(H,25,27). The first-order valence-electron chi connectivity index (χ1n) is 9.58. The van der Waals surface area contributed by atoms with Crippen molar-refractivity contribution in [3.8, 4) is 11.5 Å². The molecule has 0 atom stereocenters. The highest BCUT2D eigenvalue weighted by atomic mass is 16.3. The summed E-state index contributed by atoms with van der Waals surface area (Å²) >= 11 is 0. The van der Waals surface area contributed by atoms with Gasteiger partial charge in [0.2, 0.25) is 0 Å². The van der Waals surface area contributed by atoms with Crippen LogP contribution in [0.2, 0.25) is 0 Å². The summed E-state index contributed by atoms with van der Waals surface area (Å²) in [6, 6.07) is 21.1. The van der Waals surface area contributed by atoms with Gasteiger partial charge >= 0.3 is 0 Å². The molecule has 0 aliphatic rings. The van der Waals surface area contributed by atoms with Gasteiger partial charge in [0, 0.05) is 11.1 Å². The molecule has 1 N–H and O–H groups in total. The second-order valence-electron chi connectivity index (χ2n) is 6.80. The van der Waals surface area contributed by atoms with E-state index in [4.69, 9.17) is 4.42 Å². The van der Waals surface area contributed by atoms with Crippen LogP contribution in [-0.2, 0) is 6.42 Å². The Bertz CT molecular complexity index is 1080. The molecule has 28 heavy (non-hydrogen) atoms. The molecule has 0 unspecified atom stereocenters. The van der Waals surface area contributed by atoms with Crippen molar-refractivity contribution in [3.05, 3.63) is 84.1 Å². The maximum Gasteiger partial charge on any atom is 0.256 e. The van der Waals surface area contributed by atoms with Crippen LogP contribution in [0.15, 0.2) is 77.4 Å². The number of aryl methyl sites for hydroxylation is 1. The van der Waals surface area contributed by atoms with E-state index in [2.05, 4.69) is 29.4 Å². The van der Waals surface area contributed by atoms with Gasteiger partial charge in [0.1, 0.15) is 5.69 Å². The number of nitrogens with zero attached hydrogens (tertiary/aromatic N) is 1. The zero-order valence-electron chi connectivity index (χ0n) is 15.8. The zero-order valence-corrected chi connectivity index (χ0v) is 15.8. The molecule has 4 rings (SSSR count). The van der Waals surface area contributed by atoms with Gasteiger partial charge in [-0.1, -0.05) is 43.7 Å².